The molecule has 3 aromatic rings. The van der Waals surface area contributed by atoms with Crippen LogP contribution in [0.1, 0.15) is 16.8 Å². The fraction of sp³-hybridized carbons (Fsp3) is 0.263. The molecule has 6 heteroatoms. The third-order valence-corrected chi connectivity index (χ3v) is 4.41. The Labute approximate surface area is 146 Å². The Bertz CT molecular complexity index is 851. The van der Waals surface area contributed by atoms with Crippen LogP contribution in [0.3, 0.4) is 0 Å². The first kappa shape index (κ1) is 15.7. The van der Waals surface area contributed by atoms with Crippen molar-refractivity contribution in [3.05, 3.63) is 66.0 Å². The van der Waals surface area contributed by atoms with Crippen LogP contribution in [0.15, 0.2) is 49.2 Å². The molecule has 0 fully saturated rings. The summed E-state index contributed by atoms with van der Waals surface area (Å²) in [6.07, 6.45) is 7.91. The van der Waals surface area contributed by atoms with E-state index in [1.165, 1.54) is 17.5 Å². The van der Waals surface area contributed by atoms with Crippen LogP contribution in [0.4, 0.5) is 0 Å². The minimum atomic E-state index is 0.686. The van der Waals surface area contributed by atoms with Crippen LogP contribution >= 0.6 is 0 Å². The van der Waals surface area contributed by atoms with Gasteiger partial charge in [0.2, 0.25) is 0 Å². The van der Waals surface area contributed by atoms with Gasteiger partial charge in [-0.2, -0.15) is 0 Å². The van der Waals surface area contributed by atoms with Crippen LogP contribution in [0.25, 0.3) is 11.4 Å². The van der Waals surface area contributed by atoms with Crippen molar-refractivity contribution in [1.29, 1.82) is 0 Å². The molecular formula is C19H19N5O. The van der Waals surface area contributed by atoms with E-state index in [0.29, 0.717) is 5.82 Å². The summed E-state index contributed by atoms with van der Waals surface area (Å²) in [4.78, 5) is 19.7. The lowest BCUT2D eigenvalue weighted by atomic mass is 10.1. The van der Waals surface area contributed by atoms with Crippen LogP contribution in [-0.2, 0) is 19.5 Å². The molecule has 4 rings (SSSR count). The van der Waals surface area contributed by atoms with Gasteiger partial charge in [0.05, 0.1) is 18.4 Å². The molecule has 0 saturated heterocycles. The Balaban J connectivity index is 1.51. The van der Waals surface area contributed by atoms with Gasteiger partial charge in [-0.3, -0.25) is 4.90 Å². The Hall–Kier alpha value is -2.86. The second-order valence-corrected chi connectivity index (χ2v) is 6.10. The molecule has 0 atom stereocenters. The van der Waals surface area contributed by atoms with Crippen molar-refractivity contribution in [1.82, 2.24) is 24.8 Å². The average molecular weight is 333 g/mol. The minimum Gasteiger partial charge on any atom is -0.497 e. The molecule has 1 aromatic carbocycles. The number of nitrogens with zero attached hydrogens (tertiary/aromatic N) is 5. The quantitative estimate of drug-likeness (QED) is 0.731. The topological polar surface area (TPSA) is 64.0 Å². The van der Waals surface area contributed by atoms with Crippen molar-refractivity contribution in [2.24, 2.45) is 0 Å². The number of methoxy groups -OCH3 is 1. The van der Waals surface area contributed by atoms with Crippen LogP contribution in [0, 0.1) is 0 Å². The van der Waals surface area contributed by atoms with Crippen LogP contribution in [-0.4, -0.2) is 38.5 Å². The zero-order chi connectivity index (χ0) is 17.1. The zero-order valence-electron chi connectivity index (χ0n) is 14.1. The molecule has 0 saturated carbocycles. The number of hydrogen-bond acceptors (Lipinski definition) is 6. The van der Waals surface area contributed by atoms with E-state index in [2.05, 4.69) is 32.0 Å². The van der Waals surface area contributed by atoms with E-state index < -0.39 is 0 Å². The van der Waals surface area contributed by atoms with Gasteiger partial charge >= 0.3 is 0 Å². The van der Waals surface area contributed by atoms with Crippen molar-refractivity contribution in [2.75, 3.05) is 13.7 Å². The van der Waals surface area contributed by atoms with E-state index >= 15 is 0 Å². The van der Waals surface area contributed by atoms with E-state index in [4.69, 9.17) is 9.72 Å². The maximum Gasteiger partial charge on any atom is 0.162 e. The molecule has 2 aromatic heterocycles. The van der Waals surface area contributed by atoms with Gasteiger partial charge < -0.3 is 4.74 Å². The maximum atomic E-state index is 5.22. The second-order valence-electron chi connectivity index (χ2n) is 6.10. The molecule has 0 spiro atoms. The lowest BCUT2D eigenvalue weighted by Crippen LogP contribution is -2.31. The highest BCUT2D eigenvalue weighted by Crippen LogP contribution is 2.22. The van der Waals surface area contributed by atoms with Gasteiger partial charge in [-0.25, -0.2) is 19.9 Å². The molecule has 0 N–H and O–H groups in total. The summed E-state index contributed by atoms with van der Waals surface area (Å²) >= 11 is 0. The number of ether oxygens (including phenoxy) is 1. The molecule has 126 valence electrons. The van der Waals surface area contributed by atoms with E-state index in [0.717, 1.165) is 43.1 Å². The Kier molecular flexibility index (Phi) is 4.35. The van der Waals surface area contributed by atoms with Gasteiger partial charge in [-0.1, -0.05) is 12.1 Å². The van der Waals surface area contributed by atoms with E-state index in [1.807, 2.05) is 18.3 Å². The van der Waals surface area contributed by atoms with Crippen molar-refractivity contribution in [2.45, 2.75) is 19.5 Å². The number of fused-ring (bicyclic) bond motifs is 1. The molecule has 0 aliphatic carbocycles. The molecule has 6 nitrogen and oxygen atoms in total. The number of hydrogen-bond donors (Lipinski definition) is 0. The van der Waals surface area contributed by atoms with E-state index in [1.54, 1.807) is 19.5 Å². The van der Waals surface area contributed by atoms with Gasteiger partial charge in [0, 0.05) is 38.2 Å². The predicted molar refractivity (Wildman–Crippen MR) is 93.9 cm³/mol. The highest BCUT2D eigenvalue weighted by Gasteiger charge is 2.19. The van der Waals surface area contributed by atoms with Crippen LogP contribution < -0.4 is 4.74 Å². The largest absolute Gasteiger partial charge is 0.497 e. The molecule has 1 aliphatic rings. The normalized spacial score (nSPS) is 14.1. The van der Waals surface area contributed by atoms with Gasteiger partial charge in [-0.05, 0) is 29.7 Å². The van der Waals surface area contributed by atoms with Gasteiger partial charge in [0.15, 0.2) is 5.82 Å². The zero-order valence-corrected chi connectivity index (χ0v) is 14.1. The molecule has 25 heavy (non-hydrogen) atoms. The van der Waals surface area contributed by atoms with Gasteiger partial charge in [0.1, 0.15) is 12.1 Å². The van der Waals surface area contributed by atoms with Crippen molar-refractivity contribution < 1.29 is 4.74 Å². The van der Waals surface area contributed by atoms with E-state index in [9.17, 15) is 0 Å². The highest BCUT2D eigenvalue weighted by atomic mass is 16.5. The SMILES string of the molecule is COc1ccc(CN2CCc3cnc(-c4cncnc4)nc3C2)cc1. The summed E-state index contributed by atoms with van der Waals surface area (Å²) in [5.74, 6) is 1.57. The van der Waals surface area contributed by atoms with Crippen molar-refractivity contribution in [3.63, 3.8) is 0 Å². The first-order valence-electron chi connectivity index (χ1n) is 8.27. The number of aromatic nitrogens is 4. The number of benzene rings is 1. The third-order valence-electron chi connectivity index (χ3n) is 4.41. The highest BCUT2D eigenvalue weighted by molar-refractivity contribution is 5.52. The fourth-order valence-electron chi connectivity index (χ4n) is 3.03. The molecule has 0 radical (unpaired) electrons. The molecule has 0 amide bonds. The molecular weight excluding hydrogens is 314 g/mol. The van der Waals surface area contributed by atoms with Gasteiger partial charge in [-0.15, -0.1) is 0 Å². The van der Waals surface area contributed by atoms with E-state index in [-0.39, 0.29) is 0 Å². The van der Waals surface area contributed by atoms with Gasteiger partial charge in [0.25, 0.3) is 0 Å². The second kappa shape index (κ2) is 6.94. The fourth-order valence-corrected chi connectivity index (χ4v) is 3.03. The summed E-state index contributed by atoms with van der Waals surface area (Å²) < 4.78 is 5.22. The summed E-state index contributed by atoms with van der Waals surface area (Å²) in [5, 5.41) is 0. The molecule has 1 aliphatic heterocycles. The van der Waals surface area contributed by atoms with Crippen molar-refractivity contribution in [3.8, 4) is 17.1 Å². The summed E-state index contributed by atoms with van der Waals surface area (Å²) in [5.41, 5.74) is 4.44. The Morgan fingerprint density at radius 1 is 1.08 bits per heavy atom. The first-order valence-corrected chi connectivity index (χ1v) is 8.27. The lowest BCUT2D eigenvalue weighted by molar-refractivity contribution is 0.241. The average Bonchev–Trinajstić information content (AvgIpc) is 2.69. The monoisotopic (exact) mass is 333 g/mol. The lowest BCUT2D eigenvalue weighted by Gasteiger charge is -2.28. The van der Waals surface area contributed by atoms with Crippen LogP contribution in [0.5, 0.6) is 5.75 Å². The number of rotatable bonds is 4. The predicted octanol–water partition coefficient (Wildman–Crippen LogP) is 2.50. The van der Waals surface area contributed by atoms with Crippen LogP contribution in [0.2, 0.25) is 0 Å². The summed E-state index contributed by atoms with van der Waals surface area (Å²) in [7, 11) is 1.69. The van der Waals surface area contributed by atoms with Crippen molar-refractivity contribution >= 4 is 0 Å². The smallest absolute Gasteiger partial charge is 0.162 e. The molecule has 3 heterocycles. The molecule has 0 bridgehead atoms. The Morgan fingerprint density at radius 3 is 2.64 bits per heavy atom. The maximum absolute atomic E-state index is 5.22. The summed E-state index contributed by atoms with van der Waals surface area (Å²) in [6, 6.07) is 8.23. The molecule has 0 unspecified atom stereocenters. The summed E-state index contributed by atoms with van der Waals surface area (Å²) in [6.45, 7) is 2.73. The third kappa shape index (κ3) is 3.49. The standard InChI is InChI=1S/C19H19N5O/c1-25-17-4-2-14(3-5-17)11-24-7-6-15-10-22-19(23-18(15)12-24)16-8-20-13-21-9-16/h2-5,8-10,13H,6-7,11-12H2,1H3. The first-order chi connectivity index (χ1) is 12.3. The minimum absolute atomic E-state index is 0.686. The Morgan fingerprint density at radius 2 is 1.88 bits per heavy atom.